The van der Waals surface area contributed by atoms with E-state index in [9.17, 15) is 9.59 Å². The van der Waals surface area contributed by atoms with Crippen LogP contribution in [0.4, 0.5) is 0 Å². The standard InChI is InChI=1S/C18H16O5/c1-22-15-9-8-14(11-16(15)23-2)18(21)13-6-3-12(4-7-13)5-10-17(19)20/h3-11H,1-2H3,(H,19,20). The molecule has 2 rings (SSSR count). The van der Waals surface area contributed by atoms with E-state index in [2.05, 4.69) is 0 Å². The summed E-state index contributed by atoms with van der Waals surface area (Å²) < 4.78 is 10.3. The van der Waals surface area contributed by atoms with Crippen molar-refractivity contribution in [1.29, 1.82) is 0 Å². The van der Waals surface area contributed by atoms with Crippen LogP contribution in [0.2, 0.25) is 0 Å². The van der Waals surface area contributed by atoms with Crippen LogP contribution < -0.4 is 9.47 Å². The van der Waals surface area contributed by atoms with Crippen molar-refractivity contribution in [1.82, 2.24) is 0 Å². The van der Waals surface area contributed by atoms with Gasteiger partial charge in [-0.25, -0.2) is 4.79 Å². The van der Waals surface area contributed by atoms with Crippen molar-refractivity contribution in [2.45, 2.75) is 0 Å². The van der Waals surface area contributed by atoms with Gasteiger partial charge in [-0.1, -0.05) is 24.3 Å². The van der Waals surface area contributed by atoms with E-state index in [0.717, 1.165) is 6.08 Å². The molecule has 2 aromatic carbocycles. The molecule has 0 spiro atoms. The normalized spacial score (nSPS) is 10.5. The lowest BCUT2D eigenvalue weighted by atomic mass is 10.0. The minimum Gasteiger partial charge on any atom is -0.493 e. The molecule has 0 bridgehead atoms. The van der Waals surface area contributed by atoms with Gasteiger partial charge in [0.25, 0.3) is 0 Å². The van der Waals surface area contributed by atoms with Gasteiger partial charge in [-0.2, -0.15) is 0 Å². The summed E-state index contributed by atoms with van der Waals surface area (Å²) in [4.78, 5) is 23.0. The van der Waals surface area contributed by atoms with Gasteiger partial charge in [-0.05, 0) is 29.8 Å². The van der Waals surface area contributed by atoms with E-state index >= 15 is 0 Å². The van der Waals surface area contributed by atoms with Crippen LogP contribution in [-0.4, -0.2) is 31.1 Å². The van der Waals surface area contributed by atoms with E-state index < -0.39 is 5.97 Å². The van der Waals surface area contributed by atoms with Crippen molar-refractivity contribution in [3.8, 4) is 11.5 Å². The second kappa shape index (κ2) is 7.26. The summed E-state index contributed by atoms with van der Waals surface area (Å²) in [6, 6.07) is 11.7. The van der Waals surface area contributed by atoms with E-state index in [1.807, 2.05) is 0 Å². The Labute approximate surface area is 133 Å². The molecule has 0 aromatic heterocycles. The monoisotopic (exact) mass is 312 g/mol. The lowest BCUT2D eigenvalue weighted by Gasteiger charge is -2.09. The highest BCUT2D eigenvalue weighted by molar-refractivity contribution is 6.09. The van der Waals surface area contributed by atoms with Crippen LogP contribution in [0.1, 0.15) is 21.5 Å². The smallest absolute Gasteiger partial charge is 0.328 e. The maximum absolute atomic E-state index is 12.5. The van der Waals surface area contributed by atoms with Crippen molar-refractivity contribution in [3.63, 3.8) is 0 Å². The Hall–Kier alpha value is -3.08. The van der Waals surface area contributed by atoms with Crippen molar-refractivity contribution in [2.24, 2.45) is 0 Å². The number of hydrogen-bond acceptors (Lipinski definition) is 4. The van der Waals surface area contributed by atoms with Crippen molar-refractivity contribution >= 4 is 17.8 Å². The third kappa shape index (κ3) is 3.97. The average Bonchev–Trinajstić information content (AvgIpc) is 2.59. The first-order valence-electron chi connectivity index (χ1n) is 6.83. The third-order valence-corrected chi connectivity index (χ3v) is 3.24. The summed E-state index contributed by atoms with van der Waals surface area (Å²) in [7, 11) is 3.04. The molecule has 0 saturated heterocycles. The fourth-order valence-electron chi connectivity index (χ4n) is 2.06. The average molecular weight is 312 g/mol. The highest BCUT2D eigenvalue weighted by atomic mass is 16.5. The molecule has 0 aliphatic heterocycles. The van der Waals surface area contributed by atoms with E-state index in [1.165, 1.54) is 20.3 Å². The summed E-state index contributed by atoms with van der Waals surface area (Å²) in [5.41, 5.74) is 1.69. The summed E-state index contributed by atoms with van der Waals surface area (Å²) >= 11 is 0. The molecule has 5 nitrogen and oxygen atoms in total. The number of ether oxygens (including phenoxy) is 2. The summed E-state index contributed by atoms with van der Waals surface area (Å²) in [5.74, 6) is -0.132. The first-order valence-corrected chi connectivity index (χ1v) is 6.83. The molecule has 0 radical (unpaired) electrons. The Morgan fingerprint density at radius 1 is 0.913 bits per heavy atom. The maximum atomic E-state index is 12.5. The largest absolute Gasteiger partial charge is 0.493 e. The molecule has 0 amide bonds. The van der Waals surface area contributed by atoms with Crippen LogP contribution in [0.25, 0.3) is 6.08 Å². The minimum atomic E-state index is -1.02. The zero-order valence-corrected chi connectivity index (χ0v) is 12.8. The molecule has 1 N–H and O–H groups in total. The highest BCUT2D eigenvalue weighted by Gasteiger charge is 2.12. The number of rotatable bonds is 6. The third-order valence-electron chi connectivity index (χ3n) is 3.24. The van der Waals surface area contributed by atoms with Gasteiger partial charge in [0.1, 0.15) is 0 Å². The number of aliphatic carboxylic acids is 1. The lowest BCUT2D eigenvalue weighted by Crippen LogP contribution is -2.02. The van der Waals surface area contributed by atoms with Crippen LogP contribution in [0.3, 0.4) is 0 Å². The van der Waals surface area contributed by atoms with Crippen molar-refractivity contribution < 1.29 is 24.2 Å². The number of benzene rings is 2. The summed E-state index contributed by atoms with van der Waals surface area (Å²) in [6.45, 7) is 0. The molecule has 2 aromatic rings. The van der Waals surface area contributed by atoms with E-state index in [0.29, 0.717) is 28.2 Å². The quantitative estimate of drug-likeness (QED) is 0.655. The Bertz CT molecular complexity index is 745. The fraction of sp³-hybridized carbons (Fsp3) is 0.111. The molecule has 0 saturated carbocycles. The van der Waals surface area contributed by atoms with Gasteiger partial charge >= 0.3 is 5.97 Å². The van der Waals surface area contributed by atoms with Crippen LogP contribution in [0, 0.1) is 0 Å². The van der Waals surface area contributed by atoms with Crippen molar-refractivity contribution in [2.75, 3.05) is 14.2 Å². The Morgan fingerprint density at radius 2 is 1.52 bits per heavy atom. The topological polar surface area (TPSA) is 72.8 Å². The van der Waals surface area contributed by atoms with Gasteiger partial charge < -0.3 is 14.6 Å². The number of carboxylic acid groups (broad SMARTS) is 1. The minimum absolute atomic E-state index is 0.153. The number of hydrogen-bond donors (Lipinski definition) is 1. The van der Waals surface area contributed by atoms with Gasteiger partial charge in [-0.15, -0.1) is 0 Å². The molecule has 118 valence electrons. The number of carbonyl (C=O) groups is 2. The molecule has 0 atom stereocenters. The molecule has 0 heterocycles. The first-order chi connectivity index (χ1) is 11.0. The van der Waals surface area contributed by atoms with Crippen LogP contribution in [-0.2, 0) is 4.79 Å². The Morgan fingerprint density at radius 3 is 2.09 bits per heavy atom. The van der Waals surface area contributed by atoms with Gasteiger partial charge in [0.2, 0.25) is 0 Å². The van der Waals surface area contributed by atoms with Gasteiger partial charge in [-0.3, -0.25) is 4.79 Å². The maximum Gasteiger partial charge on any atom is 0.328 e. The number of methoxy groups -OCH3 is 2. The number of carbonyl (C=O) groups excluding carboxylic acids is 1. The van der Waals surface area contributed by atoms with Crippen LogP contribution in [0.5, 0.6) is 11.5 Å². The van der Waals surface area contributed by atoms with Crippen LogP contribution >= 0.6 is 0 Å². The van der Waals surface area contributed by atoms with Gasteiger partial charge in [0.15, 0.2) is 17.3 Å². The Balaban J connectivity index is 2.25. The molecule has 0 aliphatic carbocycles. The summed E-state index contributed by atoms with van der Waals surface area (Å²) in [5, 5.41) is 8.60. The molecule has 0 aliphatic rings. The fourth-order valence-corrected chi connectivity index (χ4v) is 2.06. The SMILES string of the molecule is COc1ccc(C(=O)c2ccc(C=CC(=O)O)cc2)cc1OC. The lowest BCUT2D eigenvalue weighted by molar-refractivity contribution is -0.131. The molecule has 0 unspecified atom stereocenters. The van der Waals surface area contributed by atoms with Crippen LogP contribution in [0.15, 0.2) is 48.5 Å². The first kappa shape index (κ1) is 16.3. The number of carboxylic acids is 1. The zero-order valence-electron chi connectivity index (χ0n) is 12.8. The highest BCUT2D eigenvalue weighted by Crippen LogP contribution is 2.28. The molecular formula is C18H16O5. The predicted octanol–water partition coefficient (Wildman–Crippen LogP) is 3.03. The number of ketones is 1. The van der Waals surface area contributed by atoms with E-state index in [1.54, 1.807) is 42.5 Å². The molecule has 5 heteroatoms. The van der Waals surface area contributed by atoms with E-state index in [4.69, 9.17) is 14.6 Å². The predicted molar refractivity (Wildman–Crippen MR) is 86.1 cm³/mol. The Kier molecular flexibility index (Phi) is 5.15. The second-order valence-corrected chi connectivity index (χ2v) is 4.69. The molecular weight excluding hydrogens is 296 g/mol. The van der Waals surface area contributed by atoms with Gasteiger partial charge in [0.05, 0.1) is 14.2 Å². The van der Waals surface area contributed by atoms with Crippen molar-refractivity contribution in [3.05, 3.63) is 65.2 Å². The molecule has 0 fully saturated rings. The second-order valence-electron chi connectivity index (χ2n) is 4.69. The summed E-state index contributed by atoms with van der Waals surface area (Å²) in [6.07, 6.45) is 2.51. The zero-order chi connectivity index (χ0) is 16.8. The van der Waals surface area contributed by atoms with Gasteiger partial charge in [0, 0.05) is 17.2 Å². The van der Waals surface area contributed by atoms with E-state index in [-0.39, 0.29) is 5.78 Å². The molecule has 23 heavy (non-hydrogen) atoms.